The Hall–Kier alpha value is -1.30. The first-order valence-corrected chi connectivity index (χ1v) is 7.41. The molecule has 3 N–H and O–H groups in total. The van der Waals surface area contributed by atoms with Crippen LogP contribution in [0.4, 0.5) is 0 Å². The lowest BCUT2D eigenvalue weighted by Gasteiger charge is -2.22. The minimum atomic E-state index is -0.674. The van der Waals surface area contributed by atoms with Gasteiger partial charge in [0, 0.05) is 12.6 Å². The van der Waals surface area contributed by atoms with Gasteiger partial charge in [-0.15, -0.1) is 0 Å². The molecule has 120 valence electrons. The summed E-state index contributed by atoms with van der Waals surface area (Å²) in [6, 6.07) is 6.99. The van der Waals surface area contributed by atoms with E-state index in [1.54, 1.807) is 0 Å². The van der Waals surface area contributed by atoms with Gasteiger partial charge in [-0.2, -0.15) is 0 Å². The van der Waals surface area contributed by atoms with Crippen LogP contribution in [-0.2, 0) is 4.74 Å². The van der Waals surface area contributed by atoms with E-state index in [9.17, 15) is 5.11 Å². The Morgan fingerprint density at radius 1 is 1.05 bits per heavy atom. The van der Waals surface area contributed by atoms with Gasteiger partial charge >= 0.3 is 0 Å². The third-order valence-electron chi connectivity index (χ3n) is 3.16. The number of aliphatic hydroxyl groups excluding tert-OH is 1. The lowest BCUT2D eigenvalue weighted by Crippen LogP contribution is -2.42. The molecule has 0 radical (unpaired) electrons. The monoisotopic (exact) mass is 297 g/mol. The number of aliphatic hydroxyl groups is 1. The van der Waals surface area contributed by atoms with Gasteiger partial charge < -0.3 is 25.1 Å². The molecule has 0 amide bonds. The first-order chi connectivity index (χ1) is 10.0. The van der Waals surface area contributed by atoms with Gasteiger partial charge in [-0.3, -0.25) is 0 Å². The Balaban J connectivity index is 2.34. The van der Waals surface area contributed by atoms with Crippen LogP contribution in [0, 0.1) is 5.92 Å². The molecular formula is C16H27NO4. The molecule has 0 saturated heterocycles. The Morgan fingerprint density at radius 2 is 1.62 bits per heavy atom. The zero-order chi connectivity index (χ0) is 15.7. The summed E-state index contributed by atoms with van der Waals surface area (Å²) < 4.78 is 16.2. The van der Waals surface area contributed by atoms with Crippen molar-refractivity contribution >= 4 is 0 Å². The molecule has 5 nitrogen and oxygen atoms in total. The second-order valence-corrected chi connectivity index (χ2v) is 5.22. The van der Waals surface area contributed by atoms with Gasteiger partial charge in [0.15, 0.2) is 0 Å². The summed E-state index contributed by atoms with van der Waals surface area (Å²) in [4.78, 5) is 0. The van der Waals surface area contributed by atoms with Crippen LogP contribution < -0.4 is 15.2 Å². The predicted molar refractivity (Wildman–Crippen MR) is 82.7 cm³/mol. The third kappa shape index (κ3) is 6.80. The minimum Gasteiger partial charge on any atom is -0.491 e. The number of ether oxygens (including phenoxy) is 3. The molecular weight excluding hydrogens is 270 g/mol. The van der Waals surface area contributed by atoms with Crippen molar-refractivity contribution in [3.63, 3.8) is 0 Å². The molecule has 0 spiro atoms. The molecule has 0 aliphatic carbocycles. The van der Waals surface area contributed by atoms with Crippen LogP contribution in [0.15, 0.2) is 24.3 Å². The number of hydrogen-bond acceptors (Lipinski definition) is 5. The second-order valence-electron chi connectivity index (χ2n) is 5.22. The fourth-order valence-corrected chi connectivity index (χ4v) is 1.73. The van der Waals surface area contributed by atoms with Crippen molar-refractivity contribution in [2.45, 2.75) is 32.9 Å². The van der Waals surface area contributed by atoms with Crippen molar-refractivity contribution < 1.29 is 19.3 Å². The second kappa shape index (κ2) is 9.60. The minimum absolute atomic E-state index is 0.184. The van der Waals surface area contributed by atoms with Gasteiger partial charge in [-0.25, -0.2) is 0 Å². The smallest absolute Gasteiger partial charge is 0.119 e. The maximum Gasteiger partial charge on any atom is 0.119 e. The maximum atomic E-state index is 9.88. The fraction of sp³-hybridized carbons (Fsp3) is 0.625. The molecule has 5 heteroatoms. The van der Waals surface area contributed by atoms with Crippen molar-refractivity contribution in [2.24, 2.45) is 11.7 Å². The van der Waals surface area contributed by atoms with Gasteiger partial charge in [-0.05, 0) is 37.1 Å². The van der Waals surface area contributed by atoms with Crippen LogP contribution in [0.3, 0.4) is 0 Å². The third-order valence-corrected chi connectivity index (χ3v) is 3.16. The Morgan fingerprint density at radius 3 is 2.14 bits per heavy atom. The van der Waals surface area contributed by atoms with E-state index in [1.165, 1.54) is 0 Å². The Kier molecular flexibility index (Phi) is 8.12. The number of benzene rings is 1. The molecule has 0 aromatic heterocycles. The fourth-order valence-electron chi connectivity index (χ4n) is 1.73. The van der Waals surface area contributed by atoms with E-state index < -0.39 is 6.10 Å². The van der Waals surface area contributed by atoms with Crippen LogP contribution in [0.1, 0.15) is 20.8 Å². The highest BCUT2D eigenvalue weighted by atomic mass is 16.5. The number of rotatable bonds is 10. The summed E-state index contributed by atoms with van der Waals surface area (Å²) in [7, 11) is 0. The number of hydrogen-bond donors (Lipinski definition) is 2. The topological polar surface area (TPSA) is 73.9 Å². The molecule has 0 aliphatic rings. The molecule has 2 atom stereocenters. The molecule has 1 rings (SSSR count). The van der Waals surface area contributed by atoms with Crippen LogP contribution in [-0.4, -0.2) is 43.7 Å². The van der Waals surface area contributed by atoms with Gasteiger partial charge in [0.05, 0.1) is 6.61 Å². The van der Waals surface area contributed by atoms with Crippen LogP contribution in [0.2, 0.25) is 0 Å². The zero-order valence-electron chi connectivity index (χ0n) is 13.1. The van der Waals surface area contributed by atoms with Gasteiger partial charge in [0.25, 0.3) is 0 Å². The summed E-state index contributed by atoms with van der Waals surface area (Å²) >= 11 is 0. The molecule has 1 aromatic rings. The highest BCUT2D eigenvalue weighted by Gasteiger charge is 2.18. The van der Waals surface area contributed by atoms with E-state index in [0.717, 1.165) is 5.75 Å². The average Bonchev–Trinajstić information content (AvgIpc) is 2.49. The van der Waals surface area contributed by atoms with E-state index in [-0.39, 0.29) is 18.6 Å². The highest BCUT2D eigenvalue weighted by molar-refractivity contribution is 5.31. The Bertz CT molecular complexity index is 380. The first kappa shape index (κ1) is 17.8. The summed E-state index contributed by atoms with van der Waals surface area (Å²) in [5.41, 5.74) is 5.87. The quantitative estimate of drug-likeness (QED) is 0.644. The lowest BCUT2D eigenvalue weighted by atomic mass is 10.0. The molecule has 1 aromatic carbocycles. The summed E-state index contributed by atoms with van der Waals surface area (Å²) in [6.07, 6.45) is -0.674. The average molecular weight is 297 g/mol. The highest BCUT2D eigenvalue weighted by Crippen LogP contribution is 2.18. The van der Waals surface area contributed by atoms with Gasteiger partial charge in [0.1, 0.15) is 30.8 Å². The van der Waals surface area contributed by atoms with E-state index >= 15 is 0 Å². The normalized spacial score (nSPS) is 14.0. The maximum absolute atomic E-state index is 9.88. The lowest BCUT2D eigenvalue weighted by molar-refractivity contribution is 0.0715. The van der Waals surface area contributed by atoms with Crippen molar-refractivity contribution in [3.05, 3.63) is 24.3 Å². The van der Waals surface area contributed by atoms with E-state index in [0.29, 0.717) is 25.6 Å². The molecule has 0 heterocycles. The van der Waals surface area contributed by atoms with E-state index in [2.05, 4.69) is 0 Å². The predicted octanol–water partition coefficient (Wildman–Crippen LogP) is 1.82. The molecule has 0 fully saturated rings. The summed E-state index contributed by atoms with van der Waals surface area (Å²) in [5, 5.41) is 9.88. The molecule has 21 heavy (non-hydrogen) atoms. The van der Waals surface area contributed by atoms with Crippen molar-refractivity contribution in [1.29, 1.82) is 0 Å². The van der Waals surface area contributed by atoms with Crippen molar-refractivity contribution in [3.8, 4) is 11.5 Å². The largest absolute Gasteiger partial charge is 0.491 e. The van der Waals surface area contributed by atoms with Crippen molar-refractivity contribution in [1.82, 2.24) is 0 Å². The first-order valence-electron chi connectivity index (χ1n) is 7.41. The summed E-state index contributed by atoms with van der Waals surface area (Å²) in [5.74, 6) is 1.66. The Labute approximate surface area is 127 Å². The van der Waals surface area contributed by atoms with Gasteiger partial charge in [0.2, 0.25) is 0 Å². The van der Waals surface area contributed by atoms with Crippen LogP contribution in [0.25, 0.3) is 0 Å². The molecule has 0 aliphatic heterocycles. The van der Waals surface area contributed by atoms with Crippen LogP contribution >= 0.6 is 0 Å². The van der Waals surface area contributed by atoms with Gasteiger partial charge in [-0.1, -0.05) is 13.8 Å². The SMILES string of the molecule is CCOCCOc1ccc(OCC(O)C(N)C(C)C)cc1. The molecule has 0 bridgehead atoms. The van der Waals surface area contributed by atoms with E-state index in [4.69, 9.17) is 19.9 Å². The molecule has 2 unspecified atom stereocenters. The van der Waals surface area contributed by atoms with Crippen LogP contribution in [0.5, 0.6) is 11.5 Å². The molecule has 0 saturated carbocycles. The number of nitrogens with two attached hydrogens (primary N) is 1. The standard InChI is InChI=1S/C16H27NO4/c1-4-19-9-10-20-13-5-7-14(8-6-13)21-11-15(18)16(17)12(2)3/h5-8,12,15-16,18H,4,9-11,17H2,1-3H3. The van der Waals surface area contributed by atoms with E-state index in [1.807, 2.05) is 45.0 Å². The zero-order valence-corrected chi connectivity index (χ0v) is 13.1. The van der Waals surface area contributed by atoms with Crippen molar-refractivity contribution in [2.75, 3.05) is 26.4 Å². The summed E-state index contributed by atoms with van der Waals surface area (Å²) in [6.45, 7) is 7.88.